The molecule has 0 bridgehead atoms. The molecule has 0 radical (unpaired) electrons. The van der Waals surface area contributed by atoms with Crippen LogP contribution >= 0.6 is 11.3 Å². The van der Waals surface area contributed by atoms with Crippen LogP contribution in [0.1, 0.15) is 31.0 Å². The van der Waals surface area contributed by atoms with Gasteiger partial charge in [0.1, 0.15) is 11.1 Å². The van der Waals surface area contributed by atoms with Gasteiger partial charge in [-0.2, -0.15) is 5.26 Å². The van der Waals surface area contributed by atoms with Crippen LogP contribution in [0.5, 0.6) is 0 Å². The van der Waals surface area contributed by atoms with Gasteiger partial charge in [0, 0.05) is 5.39 Å². The van der Waals surface area contributed by atoms with E-state index in [4.69, 9.17) is 11.0 Å². The zero-order chi connectivity index (χ0) is 11.9. The van der Waals surface area contributed by atoms with E-state index >= 15 is 0 Å². The lowest BCUT2D eigenvalue weighted by Crippen LogP contribution is -1.95. The largest absolute Gasteiger partial charge is 0.389 e. The van der Waals surface area contributed by atoms with Crippen molar-refractivity contribution < 1.29 is 4.39 Å². The van der Waals surface area contributed by atoms with Gasteiger partial charge >= 0.3 is 0 Å². The van der Waals surface area contributed by atoms with Crippen molar-refractivity contribution in [3.05, 3.63) is 23.3 Å². The summed E-state index contributed by atoms with van der Waals surface area (Å²) in [6.45, 7) is 3.91. The van der Waals surface area contributed by atoms with E-state index in [1.807, 2.05) is 19.9 Å². The van der Waals surface area contributed by atoms with Gasteiger partial charge in [-0.1, -0.05) is 13.8 Å². The van der Waals surface area contributed by atoms with Crippen LogP contribution in [-0.2, 0) is 0 Å². The minimum absolute atomic E-state index is 0.129. The summed E-state index contributed by atoms with van der Waals surface area (Å²) >= 11 is 1.10. The van der Waals surface area contributed by atoms with Crippen LogP contribution in [0, 0.1) is 17.1 Å². The van der Waals surface area contributed by atoms with Crippen molar-refractivity contribution in [3.63, 3.8) is 0 Å². The summed E-state index contributed by atoms with van der Waals surface area (Å²) in [5.41, 5.74) is 6.77. The zero-order valence-corrected chi connectivity index (χ0v) is 9.73. The monoisotopic (exact) mass is 235 g/mol. The van der Waals surface area contributed by atoms with Gasteiger partial charge in [0.15, 0.2) is 5.82 Å². The molecule has 0 aliphatic heterocycles. The second-order valence-corrected chi connectivity index (χ2v) is 4.86. The Morgan fingerprint density at radius 3 is 2.81 bits per heavy atom. The number of hydrogen-bond donors (Lipinski definition) is 1. The fourth-order valence-electron chi connectivity index (χ4n) is 1.66. The van der Waals surface area contributed by atoms with Gasteiger partial charge in [-0.3, -0.25) is 4.98 Å². The van der Waals surface area contributed by atoms with Crippen molar-refractivity contribution >= 4 is 26.4 Å². The second-order valence-electron chi connectivity index (χ2n) is 3.80. The quantitative estimate of drug-likeness (QED) is 0.826. The van der Waals surface area contributed by atoms with Gasteiger partial charge in [0.25, 0.3) is 0 Å². The third-order valence-corrected chi connectivity index (χ3v) is 3.41. The summed E-state index contributed by atoms with van der Waals surface area (Å²) < 4.78 is 14.0. The van der Waals surface area contributed by atoms with Gasteiger partial charge in [-0.05, 0) is 5.92 Å². The van der Waals surface area contributed by atoms with Crippen LogP contribution < -0.4 is 5.73 Å². The van der Waals surface area contributed by atoms with Crippen LogP contribution in [0.25, 0.3) is 10.1 Å². The molecule has 0 saturated carbocycles. The van der Waals surface area contributed by atoms with Crippen molar-refractivity contribution in [2.24, 2.45) is 0 Å². The van der Waals surface area contributed by atoms with E-state index < -0.39 is 5.82 Å². The minimum atomic E-state index is -0.419. The summed E-state index contributed by atoms with van der Waals surface area (Å²) in [6, 6.07) is 2.02. The van der Waals surface area contributed by atoms with Crippen LogP contribution in [0.3, 0.4) is 0 Å². The molecule has 0 saturated heterocycles. The molecule has 0 unspecified atom stereocenters. The van der Waals surface area contributed by atoms with Crippen LogP contribution in [0.15, 0.2) is 6.20 Å². The van der Waals surface area contributed by atoms with Crippen molar-refractivity contribution in [1.82, 2.24) is 4.98 Å². The highest BCUT2D eigenvalue weighted by molar-refractivity contribution is 7.23. The lowest BCUT2D eigenvalue weighted by atomic mass is 10.0. The molecule has 2 N–H and O–H groups in total. The molecule has 0 atom stereocenters. The molecule has 0 spiro atoms. The Morgan fingerprint density at radius 2 is 2.25 bits per heavy atom. The lowest BCUT2D eigenvalue weighted by Gasteiger charge is -2.06. The SMILES string of the molecule is CC(C)c1ncc(F)c2sc(N)c(C#N)c12. The smallest absolute Gasteiger partial charge is 0.159 e. The molecule has 2 heterocycles. The van der Waals surface area contributed by atoms with E-state index in [9.17, 15) is 4.39 Å². The number of nitrogen functional groups attached to an aromatic ring is 1. The Kier molecular flexibility index (Phi) is 2.52. The number of aromatic nitrogens is 1. The molecule has 0 aromatic carbocycles. The maximum atomic E-state index is 13.5. The molecule has 2 aromatic heterocycles. The first kappa shape index (κ1) is 10.8. The van der Waals surface area contributed by atoms with E-state index in [2.05, 4.69) is 4.98 Å². The highest BCUT2D eigenvalue weighted by Gasteiger charge is 2.19. The first-order valence-corrected chi connectivity index (χ1v) is 5.64. The van der Waals surface area contributed by atoms with Crippen molar-refractivity contribution in [2.45, 2.75) is 19.8 Å². The highest BCUT2D eigenvalue weighted by atomic mass is 32.1. The predicted octanol–water partition coefficient (Wildman–Crippen LogP) is 3.01. The fourth-order valence-corrected chi connectivity index (χ4v) is 2.59. The maximum Gasteiger partial charge on any atom is 0.159 e. The number of halogens is 1. The normalized spacial score (nSPS) is 10.9. The molecule has 2 rings (SSSR count). The molecule has 0 fully saturated rings. The van der Waals surface area contributed by atoms with Crippen molar-refractivity contribution in [1.29, 1.82) is 5.26 Å². The van der Waals surface area contributed by atoms with E-state index in [-0.39, 0.29) is 5.92 Å². The van der Waals surface area contributed by atoms with Crippen LogP contribution in [-0.4, -0.2) is 4.98 Å². The van der Waals surface area contributed by atoms with Gasteiger partial charge in [0.05, 0.1) is 22.2 Å². The fraction of sp³-hybridized carbons (Fsp3) is 0.273. The molecular weight excluding hydrogens is 225 g/mol. The number of hydrogen-bond acceptors (Lipinski definition) is 4. The highest BCUT2D eigenvalue weighted by Crippen LogP contribution is 2.37. The summed E-state index contributed by atoms with van der Waals surface area (Å²) in [7, 11) is 0. The predicted molar refractivity (Wildman–Crippen MR) is 62.8 cm³/mol. The Balaban J connectivity index is 2.96. The number of nitrogens with zero attached hydrogens (tertiary/aromatic N) is 2. The molecule has 82 valence electrons. The third kappa shape index (κ3) is 1.42. The molecule has 0 aliphatic carbocycles. The minimum Gasteiger partial charge on any atom is -0.389 e. The van der Waals surface area contributed by atoms with E-state index in [0.29, 0.717) is 20.7 Å². The molecular formula is C11H10FN3S. The zero-order valence-electron chi connectivity index (χ0n) is 8.91. The van der Waals surface area contributed by atoms with Crippen LogP contribution in [0.4, 0.5) is 9.39 Å². The average Bonchev–Trinajstić information content (AvgIpc) is 2.55. The van der Waals surface area contributed by atoms with E-state index in [1.165, 1.54) is 6.20 Å². The lowest BCUT2D eigenvalue weighted by molar-refractivity contribution is 0.633. The Morgan fingerprint density at radius 1 is 1.56 bits per heavy atom. The summed E-state index contributed by atoms with van der Waals surface area (Å²) in [5.74, 6) is -0.290. The number of thiophene rings is 1. The Hall–Kier alpha value is -1.67. The second kappa shape index (κ2) is 3.72. The number of rotatable bonds is 1. The van der Waals surface area contributed by atoms with Gasteiger partial charge in [-0.25, -0.2) is 4.39 Å². The molecule has 16 heavy (non-hydrogen) atoms. The maximum absolute atomic E-state index is 13.5. The first-order chi connectivity index (χ1) is 7.56. The van der Waals surface area contributed by atoms with Crippen molar-refractivity contribution in [3.8, 4) is 6.07 Å². The molecule has 5 heteroatoms. The molecule has 0 amide bonds. The summed E-state index contributed by atoms with van der Waals surface area (Å²) in [4.78, 5) is 4.05. The summed E-state index contributed by atoms with van der Waals surface area (Å²) in [5, 5.41) is 9.95. The molecule has 2 aromatic rings. The standard InChI is InChI=1S/C11H10FN3S/c1-5(2)9-8-6(3-13)11(14)16-10(8)7(12)4-15-9/h4-5H,14H2,1-2H3. The topological polar surface area (TPSA) is 62.7 Å². The van der Waals surface area contributed by atoms with Gasteiger partial charge in [-0.15, -0.1) is 11.3 Å². The van der Waals surface area contributed by atoms with Gasteiger partial charge < -0.3 is 5.73 Å². The Labute approximate surface area is 96.3 Å². The first-order valence-electron chi connectivity index (χ1n) is 4.82. The number of fused-ring (bicyclic) bond motifs is 1. The van der Waals surface area contributed by atoms with E-state index in [1.54, 1.807) is 0 Å². The number of pyridine rings is 1. The number of nitrogens with two attached hydrogens (primary N) is 1. The summed E-state index contributed by atoms with van der Waals surface area (Å²) in [6.07, 6.45) is 1.19. The van der Waals surface area contributed by atoms with Crippen LogP contribution in [0.2, 0.25) is 0 Å². The molecule has 0 aliphatic rings. The van der Waals surface area contributed by atoms with Gasteiger partial charge in [0.2, 0.25) is 0 Å². The molecule has 3 nitrogen and oxygen atoms in total. The average molecular weight is 235 g/mol. The Bertz CT molecular complexity index is 595. The van der Waals surface area contributed by atoms with Crippen molar-refractivity contribution in [2.75, 3.05) is 5.73 Å². The number of nitriles is 1. The number of anilines is 1. The third-order valence-electron chi connectivity index (χ3n) is 2.38. The van der Waals surface area contributed by atoms with E-state index in [0.717, 1.165) is 17.0 Å².